The molecule has 1 aromatic heterocycles. The predicted octanol–water partition coefficient (Wildman–Crippen LogP) is 3.06. The summed E-state index contributed by atoms with van der Waals surface area (Å²) >= 11 is 5.91. The van der Waals surface area contributed by atoms with Crippen LogP contribution in [0.4, 0.5) is 5.69 Å². The Bertz CT molecular complexity index is 765. The lowest BCUT2D eigenvalue weighted by Gasteiger charge is -2.09. The Morgan fingerprint density at radius 2 is 2.00 bits per heavy atom. The number of hydrogen-bond acceptors (Lipinski definition) is 4. The lowest BCUT2D eigenvalue weighted by molar-refractivity contribution is 0.0943. The second-order valence-electron chi connectivity index (χ2n) is 5.45. The molecule has 6 nitrogen and oxygen atoms in total. The van der Waals surface area contributed by atoms with Crippen LogP contribution in [0.25, 0.3) is 0 Å². The van der Waals surface area contributed by atoms with E-state index in [1.165, 1.54) is 12.3 Å². The number of methoxy groups -OCH3 is 1. The monoisotopic (exact) mass is 361 g/mol. The van der Waals surface area contributed by atoms with Gasteiger partial charge >= 0.3 is 0 Å². The summed E-state index contributed by atoms with van der Waals surface area (Å²) in [5, 5.41) is 6.15. The number of rotatable bonds is 7. The summed E-state index contributed by atoms with van der Waals surface area (Å²) in [5.74, 6) is -0.644. The van der Waals surface area contributed by atoms with E-state index in [-0.39, 0.29) is 17.5 Å². The smallest absolute Gasteiger partial charge is 0.269 e. The third-order valence-corrected chi connectivity index (χ3v) is 3.74. The standard InChI is InChI=1S/C18H20ClN3O3/c1-12-10-14(19)4-5-15(12)22-17(23)13-6-8-20-16(11-13)18(24)21-7-3-9-25-2/h4-6,8,10-11H,3,7,9H2,1-2H3,(H,21,24)(H,22,23). The highest BCUT2D eigenvalue weighted by atomic mass is 35.5. The largest absolute Gasteiger partial charge is 0.385 e. The van der Waals surface area contributed by atoms with Crippen LogP contribution >= 0.6 is 11.6 Å². The average Bonchev–Trinajstić information content (AvgIpc) is 2.61. The first-order valence-electron chi connectivity index (χ1n) is 7.82. The molecule has 7 heteroatoms. The topological polar surface area (TPSA) is 80.3 Å². The second kappa shape index (κ2) is 9.15. The first kappa shape index (κ1) is 18.9. The molecule has 132 valence electrons. The van der Waals surface area contributed by atoms with E-state index in [9.17, 15) is 9.59 Å². The van der Waals surface area contributed by atoms with Gasteiger partial charge in [-0.1, -0.05) is 11.6 Å². The SMILES string of the molecule is COCCCNC(=O)c1cc(C(=O)Nc2ccc(Cl)cc2C)ccn1. The minimum atomic E-state index is -0.326. The van der Waals surface area contributed by atoms with Crippen LogP contribution in [0.3, 0.4) is 0 Å². The summed E-state index contributed by atoms with van der Waals surface area (Å²) < 4.78 is 4.93. The normalized spacial score (nSPS) is 10.4. The number of carbonyl (C=O) groups excluding carboxylic acids is 2. The van der Waals surface area contributed by atoms with E-state index < -0.39 is 0 Å². The van der Waals surface area contributed by atoms with Gasteiger partial charge in [0.05, 0.1) is 0 Å². The van der Waals surface area contributed by atoms with Crippen molar-refractivity contribution < 1.29 is 14.3 Å². The second-order valence-corrected chi connectivity index (χ2v) is 5.88. The Labute approximate surface area is 151 Å². The Morgan fingerprint density at radius 3 is 2.72 bits per heavy atom. The van der Waals surface area contributed by atoms with Gasteiger partial charge in [-0.2, -0.15) is 0 Å². The minimum absolute atomic E-state index is 0.192. The maximum Gasteiger partial charge on any atom is 0.269 e. The summed E-state index contributed by atoms with van der Waals surface area (Å²) in [6, 6.07) is 8.23. The van der Waals surface area contributed by atoms with Gasteiger partial charge in [-0.3, -0.25) is 14.6 Å². The number of anilines is 1. The maximum atomic E-state index is 12.4. The maximum absolute atomic E-state index is 12.4. The van der Waals surface area contributed by atoms with Crippen LogP contribution in [0.1, 0.15) is 32.8 Å². The Kier molecular flexibility index (Phi) is 6.91. The fraction of sp³-hybridized carbons (Fsp3) is 0.278. The van der Waals surface area contributed by atoms with Crippen molar-refractivity contribution in [3.63, 3.8) is 0 Å². The van der Waals surface area contributed by atoms with Crippen molar-refractivity contribution in [1.29, 1.82) is 0 Å². The molecule has 0 unspecified atom stereocenters. The summed E-state index contributed by atoms with van der Waals surface area (Å²) in [4.78, 5) is 28.5. The average molecular weight is 362 g/mol. The number of amides is 2. The Hall–Kier alpha value is -2.44. The van der Waals surface area contributed by atoms with Gasteiger partial charge in [0, 0.05) is 42.7 Å². The first-order valence-corrected chi connectivity index (χ1v) is 8.19. The molecule has 2 aromatic rings. The van der Waals surface area contributed by atoms with Crippen LogP contribution < -0.4 is 10.6 Å². The van der Waals surface area contributed by atoms with E-state index >= 15 is 0 Å². The van der Waals surface area contributed by atoms with Crippen molar-refractivity contribution in [1.82, 2.24) is 10.3 Å². The molecule has 0 radical (unpaired) electrons. The van der Waals surface area contributed by atoms with E-state index in [0.717, 1.165) is 5.56 Å². The number of ether oxygens (including phenoxy) is 1. The lowest BCUT2D eigenvalue weighted by atomic mass is 10.1. The van der Waals surface area contributed by atoms with Crippen LogP contribution in [0.2, 0.25) is 5.02 Å². The molecule has 2 rings (SSSR count). The number of halogens is 1. The lowest BCUT2D eigenvalue weighted by Crippen LogP contribution is -2.26. The molecular weight excluding hydrogens is 342 g/mol. The molecule has 0 aliphatic heterocycles. The van der Waals surface area contributed by atoms with E-state index in [1.54, 1.807) is 31.4 Å². The molecule has 0 saturated heterocycles. The van der Waals surface area contributed by atoms with Gasteiger partial charge in [0.1, 0.15) is 5.69 Å². The van der Waals surface area contributed by atoms with E-state index in [1.807, 2.05) is 6.92 Å². The van der Waals surface area contributed by atoms with Gasteiger partial charge in [0.25, 0.3) is 11.8 Å². The molecule has 1 aromatic carbocycles. The van der Waals surface area contributed by atoms with Gasteiger partial charge in [-0.15, -0.1) is 0 Å². The van der Waals surface area contributed by atoms with Gasteiger partial charge in [-0.25, -0.2) is 0 Å². The third-order valence-electron chi connectivity index (χ3n) is 3.50. The number of carbonyl (C=O) groups is 2. The molecule has 0 saturated carbocycles. The van der Waals surface area contributed by atoms with Crippen molar-refractivity contribution in [3.05, 3.63) is 58.4 Å². The summed E-state index contributed by atoms with van der Waals surface area (Å²) in [6.45, 7) is 2.90. The van der Waals surface area contributed by atoms with Crippen molar-refractivity contribution in [2.45, 2.75) is 13.3 Å². The van der Waals surface area contributed by atoms with Crippen LogP contribution in [-0.4, -0.2) is 37.1 Å². The predicted molar refractivity (Wildman–Crippen MR) is 97.2 cm³/mol. The zero-order chi connectivity index (χ0) is 18.2. The highest BCUT2D eigenvalue weighted by Gasteiger charge is 2.12. The Morgan fingerprint density at radius 1 is 1.20 bits per heavy atom. The first-order chi connectivity index (χ1) is 12.0. The van der Waals surface area contributed by atoms with Gasteiger partial charge < -0.3 is 15.4 Å². The number of nitrogens with one attached hydrogen (secondary N) is 2. The summed E-state index contributed by atoms with van der Waals surface area (Å²) in [7, 11) is 1.61. The highest BCUT2D eigenvalue weighted by molar-refractivity contribution is 6.30. The molecule has 2 amide bonds. The molecule has 25 heavy (non-hydrogen) atoms. The molecular formula is C18H20ClN3O3. The number of aromatic nitrogens is 1. The number of pyridine rings is 1. The molecule has 0 spiro atoms. The molecule has 1 heterocycles. The summed E-state index contributed by atoms with van der Waals surface area (Å²) in [5.41, 5.74) is 2.06. The molecule has 0 atom stereocenters. The summed E-state index contributed by atoms with van der Waals surface area (Å²) in [6.07, 6.45) is 2.14. The molecule has 2 N–H and O–H groups in total. The number of benzene rings is 1. The Balaban J connectivity index is 2.04. The van der Waals surface area contributed by atoms with Crippen LogP contribution in [0, 0.1) is 6.92 Å². The zero-order valence-electron chi connectivity index (χ0n) is 14.1. The number of nitrogens with zero attached hydrogens (tertiary/aromatic N) is 1. The molecule has 0 aliphatic carbocycles. The quantitative estimate of drug-likeness (QED) is 0.743. The van der Waals surface area contributed by atoms with Gasteiger partial charge in [-0.05, 0) is 49.2 Å². The van der Waals surface area contributed by atoms with Crippen LogP contribution in [0.5, 0.6) is 0 Å². The zero-order valence-corrected chi connectivity index (χ0v) is 14.9. The van der Waals surface area contributed by atoms with E-state index in [2.05, 4.69) is 15.6 Å². The fourth-order valence-corrected chi connectivity index (χ4v) is 2.39. The van der Waals surface area contributed by atoms with Gasteiger partial charge in [0.2, 0.25) is 0 Å². The number of aryl methyl sites for hydroxylation is 1. The molecule has 0 aliphatic rings. The molecule has 0 bridgehead atoms. The number of hydrogen-bond donors (Lipinski definition) is 2. The van der Waals surface area contributed by atoms with Crippen LogP contribution in [0.15, 0.2) is 36.5 Å². The molecule has 0 fully saturated rings. The van der Waals surface area contributed by atoms with Gasteiger partial charge in [0.15, 0.2) is 0 Å². The third kappa shape index (κ3) is 5.55. The van der Waals surface area contributed by atoms with Crippen molar-refractivity contribution in [2.75, 3.05) is 25.6 Å². The van der Waals surface area contributed by atoms with E-state index in [4.69, 9.17) is 16.3 Å². The van der Waals surface area contributed by atoms with Crippen LogP contribution in [-0.2, 0) is 4.74 Å². The van der Waals surface area contributed by atoms with Crippen molar-refractivity contribution in [2.24, 2.45) is 0 Å². The highest BCUT2D eigenvalue weighted by Crippen LogP contribution is 2.20. The van der Waals surface area contributed by atoms with E-state index in [0.29, 0.717) is 35.8 Å². The minimum Gasteiger partial charge on any atom is -0.385 e. The fourth-order valence-electron chi connectivity index (χ4n) is 2.17. The van der Waals surface area contributed by atoms with Crippen molar-refractivity contribution in [3.8, 4) is 0 Å². The van der Waals surface area contributed by atoms with Crippen molar-refractivity contribution >= 4 is 29.1 Å².